The summed E-state index contributed by atoms with van der Waals surface area (Å²) in [5, 5.41) is 9.02. The lowest BCUT2D eigenvalue weighted by atomic mass is 10.0. The van der Waals surface area contributed by atoms with Gasteiger partial charge in [-0.1, -0.05) is 6.07 Å². The number of likely N-dealkylation sites (tertiary alicyclic amines) is 1. The first kappa shape index (κ1) is 15.9. The number of hydrogen-bond acceptors (Lipinski definition) is 5. The average Bonchev–Trinajstić information content (AvgIpc) is 2.58. The van der Waals surface area contributed by atoms with E-state index < -0.39 is 0 Å². The molecular weight excluding hydrogens is 276 g/mol. The number of piperazine rings is 1. The molecular formula is C17H28N4O. The number of β-amino-alcohol motifs (C(OH)–C–C–N with tert-alkyl or cyclic N) is 1. The zero-order chi connectivity index (χ0) is 15.2. The van der Waals surface area contributed by atoms with Gasteiger partial charge in [-0.2, -0.15) is 0 Å². The Morgan fingerprint density at radius 1 is 1.05 bits per heavy atom. The fourth-order valence-corrected chi connectivity index (χ4v) is 3.69. The van der Waals surface area contributed by atoms with Gasteiger partial charge in [0.05, 0.1) is 6.61 Å². The molecule has 0 unspecified atom stereocenters. The van der Waals surface area contributed by atoms with Gasteiger partial charge in [0, 0.05) is 57.7 Å². The maximum atomic E-state index is 9.02. The zero-order valence-corrected chi connectivity index (χ0v) is 13.4. The van der Waals surface area contributed by atoms with Crippen molar-refractivity contribution in [2.45, 2.75) is 25.4 Å². The van der Waals surface area contributed by atoms with Crippen molar-refractivity contribution in [3.8, 4) is 0 Å². The average molecular weight is 304 g/mol. The van der Waals surface area contributed by atoms with Crippen LogP contribution in [0, 0.1) is 0 Å². The second-order valence-corrected chi connectivity index (χ2v) is 6.47. The summed E-state index contributed by atoms with van der Waals surface area (Å²) in [6.45, 7) is 9.06. The molecule has 0 aliphatic carbocycles. The van der Waals surface area contributed by atoms with Gasteiger partial charge in [-0.15, -0.1) is 0 Å². The van der Waals surface area contributed by atoms with Gasteiger partial charge in [-0.25, -0.2) is 0 Å². The van der Waals surface area contributed by atoms with Crippen LogP contribution in [-0.4, -0.2) is 83.3 Å². The Bertz CT molecular complexity index is 426. The van der Waals surface area contributed by atoms with Crippen molar-refractivity contribution in [2.75, 3.05) is 52.4 Å². The predicted molar refractivity (Wildman–Crippen MR) is 87.6 cm³/mol. The second kappa shape index (κ2) is 8.02. The molecule has 0 saturated carbocycles. The minimum absolute atomic E-state index is 0.284. The fourth-order valence-electron chi connectivity index (χ4n) is 3.69. The number of pyridine rings is 1. The van der Waals surface area contributed by atoms with E-state index in [-0.39, 0.29) is 6.61 Å². The van der Waals surface area contributed by atoms with Crippen LogP contribution in [0.5, 0.6) is 0 Å². The summed E-state index contributed by atoms with van der Waals surface area (Å²) in [5.41, 5.74) is 1.32. The molecule has 0 spiro atoms. The summed E-state index contributed by atoms with van der Waals surface area (Å²) >= 11 is 0. The number of aliphatic hydroxyl groups excluding tert-OH is 1. The highest BCUT2D eigenvalue weighted by Crippen LogP contribution is 2.19. The van der Waals surface area contributed by atoms with Gasteiger partial charge >= 0.3 is 0 Å². The number of piperidine rings is 1. The molecule has 5 heteroatoms. The summed E-state index contributed by atoms with van der Waals surface area (Å²) in [7, 11) is 0. The Morgan fingerprint density at radius 3 is 2.45 bits per heavy atom. The molecule has 1 aromatic rings. The third kappa shape index (κ3) is 4.26. The first-order valence-corrected chi connectivity index (χ1v) is 8.53. The van der Waals surface area contributed by atoms with E-state index in [0.29, 0.717) is 0 Å². The summed E-state index contributed by atoms with van der Waals surface area (Å²) in [6, 6.07) is 4.94. The van der Waals surface area contributed by atoms with E-state index in [4.69, 9.17) is 5.11 Å². The van der Waals surface area contributed by atoms with Gasteiger partial charge in [0.15, 0.2) is 0 Å². The van der Waals surface area contributed by atoms with E-state index in [1.54, 1.807) is 0 Å². The lowest BCUT2D eigenvalue weighted by molar-refractivity contribution is 0.0516. The van der Waals surface area contributed by atoms with Crippen molar-refractivity contribution in [2.24, 2.45) is 0 Å². The number of hydrogen-bond donors (Lipinski definition) is 1. The Labute approximate surface area is 133 Å². The number of nitrogens with zero attached hydrogens (tertiary/aromatic N) is 4. The van der Waals surface area contributed by atoms with Crippen LogP contribution in [0.15, 0.2) is 24.5 Å². The third-order valence-electron chi connectivity index (χ3n) is 5.03. The SMILES string of the molecule is OCCN1CCN(C2CCN(Cc3cccnc3)CC2)CC1. The first-order chi connectivity index (χ1) is 10.8. The van der Waals surface area contributed by atoms with Crippen molar-refractivity contribution in [1.29, 1.82) is 0 Å². The number of aromatic nitrogens is 1. The molecule has 2 saturated heterocycles. The van der Waals surface area contributed by atoms with E-state index in [0.717, 1.165) is 45.3 Å². The molecule has 2 aliphatic rings. The van der Waals surface area contributed by atoms with Crippen LogP contribution in [0.1, 0.15) is 18.4 Å². The van der Waals surface area contributed by atoms with Gasteiger partial charge in [0.1, 0.15) is 0 Å². The van der Waals surface area contributed by atoms with Crippen LogP contribution in [-0.2, 0) is 6.54 Å². The van der Waals surface area contributed by atoms with Crippen molar-refractivity contribution < 1.29 is 5.11 Å². The molecule has 122 valence electrons. The molecule has 3 heterocycles. The van der Waals surface area contributed by atoms with Crippen LogP contribution in [0.4, 0.5) is 0 Å². The van der Waals surface area contributed by atoms with Gasteiger partial charge in [-0.3, -0.25) is 19.7 Å². The molecule has 22 heavy (non-hydrogen) atoms. The van der Waals surface area contributed by atoms with E-state index in [1.807, 2.05) is 18.5 Å². The van der Waals surface area contributed by atoms with Gasteiger partial charge < -0.3 is 5.11 Å². The van der Waals surface area contributed by atoms with Crippen molar-refractivity contribution in [3.05, 3.63) is 30.1 Å². The van der Waals surface area contributed by atoms with Crippen LogP contribution >= 0.6 is 0 Å². The molecule has 5 nitrogen and oxygen atoms in total. The van der Waals surface area contributed by atoms with Crippen LogP contribution in [0.25, 0.3) is 0 Å². The fraction of sp³-hybridized carbons (Fsp3) is 0.706. The monoisotopic (exact) mass is 304 g/mol. The Hall–Kier alpha value is -1.01. The third-order valence-corrected chi connectivity index (χ3v) is 5.03. The highest BCUT2D eigenvalue weighted by Gasteiger charge is 2.27. The minimum atomic E-state index is 0.284. The van der Waals surface area contributed by atoms with Crippen LogP contribution in [0.3, 0.4) is 0 Å². The lowest BCUT2D eigenvalue weighted by Crippen LogP contribution is -2.53. The number of aliphatic hydroxyl groups is 1. The van der Waals surface area contributed by atoms with E-state index >= 15 is 0 Å². The van der Waals surface area contributed by atoms with Gasteiger partial charge in [0.25, 0.3) is 0 Å². The zero-order valence-electron chi connectivity index (χ0n) is 13.4. The molecule has 2 aliphatic heterocycles. The molecule has 0 bridgehead atoms. The van der Waals surface area contributed by atoms with E-state index in [2.05, 4.69) is 25.8 Å². The molecule has 0 radical (unpaired) electrons. The quantitative estimate of drug-likeness (QED) is 0.865. The minimum Gasteiger partial charge on any atom is -0.395 e. The molecule has 0 aromatic carbocycles. The van der Waals surface area contributed by atoms with Gasteiger partial charge in [0.2, 0.25) is 0 Å². The maximum absolute atomic E-state index is 9.02. The standard InChI is InChI=1S/C17H28N4O/c22-13-12-19-8-10-21(11-9-19)17-3-6-20(7-4-17)15-16-2-1-5-18-14-16/h1-2,5,14,17,22H,3-4,6-13,15H2. The molecule has 3 rings (SSSR count). The molecule has 1 N–H and O–H groups in total. The maximum Gasteiger partial charge on any atom is 0.0558 e. The molecule has 1 aromatic heterocycles. The van der Waals surface area contributed by atoms with Crippen molar-refractivity contribution >= 4 is 0 Å². The summed E-state index contributed by atoms with van der Waals surface area (Å²) < 4.78 is 0. The van der Waals surface area contributed by atoms with Crippen LogP contribution in [0.2, 0.25) is 0 Å². The van der Waals surface area contributed by atoms with Gasteiger partial charge in [-0.05, 0) is 37.6 Å². The second-order valence-electron chi connectivity index (χ2n) is 6.47. The smallest absolute Gasteiger partial charge is 0.0558 e. The molecule has 0 atom stereocenters. The highest BCUT2D eigenvalue weighted by atomic mass is 16.3. The molecule has 2 fully saturated rings. The lowest BCUT2D eigenvalue weighted by Gasteiger charge is -2.42. The number of rotatable bonds is 5. The Balaban J connectivity index is 1.40. The summed E-state index contributed by atoms with van der Waals surface area (Å²) in [4.78, 5) is 11.8. The van der Waals surface area contributed by atoms with E-state index in [9.17, 15) is 0 Å². The summed E-state index contributed by atoms with van der Waals surface area (Å²) in [5.74, 6) is 0. The normalized spacial score (nSPS) is 23.0. The Kier molecular flexibility index (Phi) is 5.78. The molecule has 0 amide bonds. The topological polar surface area (TPSA) is 42.8 Å². The van der Waals surface area contributed by atoms with Crippen molar-refractivity contribution in [1.82, 2.24) is 19.7 Å². The highest BCUT2D eigenvalue weighted by molar-refractivity contribution is 5.08. The first-order valence-electron chi connectivity index (χ1n) is 8.53. The largest absolute Gasteiger partial charge is 0.395 e. The van der Waals surface area contributed by atoms with Crippen molar-refractivity contribution in [3.63, 3.8) is 0 Å². The van der Waals surface area contributed by atoms with E-state index in [1.165, 1.54) is 31.5 Å². The predicted octanol–water partition coefficient (Wildman–Crippen LogP) is 0.656. The Morgan fingerprint density at radius 2 is 1.82 bits per heavy atom. The summed E-state index contributed by atoms with van der Waals surface area (Å²) in [6.07, 6.45) is 6.37. The van der Waals surface area contributed by atoms with Crippen LogP contribution < -0.4 is 0 Å².